The van der Waals surface area contributed by atoms with E-state index < -0.39 is 28.7 Å². The summed E-state index contributed by atoms with van der Waals surface area (Å²) in [5, 5.41) is 11.4. The van der Waals surface area contributed by atoms with Gasteiger partial charge in [0.05, 0.1) is 23.6 Å². The average Bonchev–Trinajstić information content (AvgIpc) is 2.99. The largest absolute Gasteiger partial charge is 0.466 e. The summed E-state index contributed by atoms with van der Waals surface area (Å²) in [5.74, 6) is -0.299. The van der Waals surface area contributed by atoms with E-state index in [4.69, 9.17) is 14.3 Å². The number of nitrogens with zero attached hydrogens (tertiary/aromatic N) is 1. The minimum absolute atomic E-state index is 0.105. The molecule has 7 nitrogen and oxygen atoms in total. The lowest BCUT2D eigenvalue weighted by atomic mass is 9.64. The Labute approximate surface area is 268 Å². The molecule has 0 aromatic heterocycles. The minimum atomic E-state index is -0.646. The Morgan fingerprint density at radius 1 is 1.02 bits per heavy atom. The van der Waals surface area contributed by atoms with Crippen molar-refractivity contribution in [2.24, 2.45) is 22.7 Å². The number of hydroxylamine groups is 2. The molecule has 1 saturated heterocycles. The third kappa shape index (κ3) is 9.14. The van der Waals surface area contributed by atoms with Crippen LogP contribution in [0, 0.1) is 22.7 Å². The zero-order valence-corrected chi connectivity index (χ0v) is 29.7. The molecule has 0 aliphatic carbocycles. The first-order valence-corrected chi connectivity index (χ1v) is 17.0. The van der Waals surface area contributed by atoms with Crippen molar-refractivity contribution in [3.05, 3.63) is 35.9 Å². The topological polar surface area (TPSA) is 85.3 Å². The van der Waals surface area contributed by atoms with Crippen LogP contribution in [0.15, 0.2) is 30.3 Å². The lowest BCUT2D eigenvalue weighted by Crippen LogP contribution is -2.67. The molecule has 1 fully saturated rings. The van der Waals surface area contributed by atoms with Crippen LogP contribution < -0.4 is 0 Å². The molecule has 0 saturated carbocycles. The number of ether oxygens (including phenoxy) is 2. The molecule has 6 unspecified atom stereocenters. The van der Waals surface area contributed by atoms with Gasteiger partial charge in [-0.1, -0.05) is 85.7 Å². The fourth-order valence-corrected chi connectivity index (χ4v) is 6.77. The molecule has 1 heterocycles. The molecule has 1 aliphatic heterocycles. The lowest BCUT2D eigenvalue weighted by molar-refractivity contribution is -0.365. The highest BCUT2D eigenvalue weighted by molar-refractivity contribution is 5.84. The van der Waals surface area contributed by atoms with E-state index in [1.54, 1.807) is 0 Å². The van der Waals surface area contributed by atoms with Gasteiger partial charge in [-0.2, -0.15) is 5.06 Å². The van der Waals surface area contributed by atoms with Gasteiger partial charge >= 0.3 is 5.97 Å². The predicted molar refractivity (Wildman–Crippen MR) is 177 cm³/mol. The van der Waals surface area contributed by atoms with Gasteiger partial charge in [0, 0.05) is 32.0 Å². The average molecular weight is 618 g/mol. The van der Waals surface area contributed by atoms with E-state index in [9.17, 15) is 14.7 Å². The summed E-state index contributed by atoms with van der Waals surface area (Å²) in [6.45, 7) is 24.1. The number of aliphatic hydroxyl groups is 1. The summed E-state index contributed by atoms with van der Waals surface area (Å²) in [6.07, 6.45) is 3.70. The Hall–Kier alpha value is -1.80. The fraction of sp³-hybridized carbons (Fsp3) is 0.784. The van der Waals surface area contributed by atoms with Crippen LogP contribution in [-0.4, -0.2) is 59.1 Å². The summed E-state index contributed by atoms with van der Waals surface area (Å²) < 4.78 is 12.1. The molecular formula is C37H63NO6. The Bertz CT molecular complexity index is 1040. The summed E-state index contributed by atoms with van der Waals surface area (Å²) >= 11 is 0. The maximum atomic E-state index is 13.7. The van der Waals surface area contributed by atoms with Crippen molar-refractivity contribution in [2.75, 3.05) is 19.8 Å². The van der Waals surface area contributed by atoms with Crippen LogP contribution in [-0.2, 0) is 23.9 Å². The van der Waals surface area contributed by atoms with Crippen LogP contribution in [0.3, 0.4) is 0 Å². The fourth-order valence-electron chi connectivity index (χ4n) is 6.77. The van der Waals surface area contributed by atoms with E-state index in [0.29, 0.717) is 45.3 Å². The Morgan fingerprint density at radius 2 is 1.66 bits per heavy atom. The normalized spacial score (nSPS) is 25.5. The zero-order valence-electron chi connectivity index (χ0n) is 29.7. The van der Waals surface area contributed by atoms with Crippen LogP contribution in [0.4, 0.5) is 0 Å². The van der Waals surface area contributed by atoms with Gasteiger partial charge in [0.1, 0.15) is 5.78 Å². The first kappa shape index (κ1) is 38.4. The van der Waals surface area contributed by atoms with Gasteiger partial charge in [-0.25, -0.2) is 0 Å². The SMILES string of the molecule is CCOC(=O)C(CC(C)(C)C(C)c1ccccc1)C(C)(C)CC(OCCCCO)ON1C(C)(CC)CC(=O)C(C)C1(C)CC. The van der Waals surface area contributed by atoms with Crippen LogP contribution >= 0.6 is 0 Å². The highest BCUT2D eigenvalue weighted by atomic mass is 16.8. The first-order chi connectivity index (χ1) is 20.5. The maximum absolute atomic E-state index is 13.7. The molecule has 44 heavy (non-hydrogen) atoms. The van der Waals surface area contributed by atoms with Gasteiger partial charge in [-0.05, 0) is 75.2 Å². The van der Waals surface area contributed by atoms with E-state index in [1.165, 1.54) is 5.56 Å². The molecule has 0 amide bonds. The Kier molecular flexibility index (Phi) is 14.1. The molecule has 0 spiro atoms. The molecule has 0 radical (unpaired) electrons. The van der Waals surface area contributed by atoms with Gasteiger partial charge in [-0.3, -0.25) is 14.4 Å². The smallest absolute Gasteiger partial charge is 0.309 e. The molecule has 0 bridgehead atoms. The number of Topliss-reactive ketones (excluding diaryl/α,β-unsaturated/α-hetero) is 1. The van der Waals surface area contributed by atoms with E-state index in [-0.39, 0.29) is 35.6 Å². The number of aliphatic hydroxyl groups excluding tert-OH is 1. The lowest BCUT2D eigenvalue weighted by Gasteiger charge is -2.56. The molecule has 1 N–H and O–H groups in total. The van der Waals surface area contributed by atoms with Crippen molar-refractivity contribution in [1.29, 1.82) is 0 Å². The zero-order chi connectivity index (χ0) is 33.3. The number of carbonyl (C=O) groups is 2. The quantitative estimate of drug-likeness (QED) is 0.101. The molecule has 7 heteroatoms. The molecular weight excluding hydrogens is 554 g/mol. The summed E-state index contributed by atoms with van der Waals surface area (Å²) in [7, 11) is 0. The van der Waals surface area contributed by atoms with E-state index in [0.717, 1.165) is 12.8 Å². The third-order valence-electron chi connectivity index (χ3n) is 10.9. The van der Waals surface area contributed by atoms with Crippen molar-refractivity contribution in [2.45, 2.75) is 144 Å². The second-order valence-electron chi connectivity index (χ2n) is 14.9. The standard InChI is InChI=1S/C37H63NO6/c1-12-36(10)25-31(40)28(5)37(11,13-2)38(36)44-32(43-23-19-18-22-39)26-35(8,9)30(33(41)42-14-3)24-34(6,7)27(4)29-20-16-15-17-21-29/h15-17,20-21,27-28,30,32,39H,12-14,18-19,22-26H2,1-11H3. The maximum Gasteiger partial charge on any atom is 0.309 e. The monoisotopic (exact) mass is 617 g/mol. The van der Waals surface area contributed by atoms with Crippen molar-refractivity contribution in [1.82, 2.24) is 5.06 Å². The van der Waals surface area contributed by atoms with Gasteiger partial charge < -0.3 is 14.6 Å². The van der Waals surface area contributed by atoms with Gasteiger partial charge in [0.2, 0.25) is 0 Å². The van der Waals surface area contributed by atoms with Gasteiger partial charge in [0.15, 0.2) is 6.29 Å². The summed E-state index contributed by atoms with van der Waals surface area (Å²) in [6, 6.07) is 10.5. The number of hydrogen-bond acceptors (Lipinski definition) is 7. The Morgan fingerprint density at radius 3 is 2.20 bits per heavy atom. The third-order valence-corrected chi connectivity index (χ3v) is 10.9. The molecule has 6 atom stereocenters. The summed E-state index contributed by atoms with van der Waals surface area (Å²) in [4.78, 5) is 33.8. The highest BCUT2D eigenvalue weighted by Crippen LogP contribution is 2.48. The molecule has 1 aromatic rings. The highest BCUT2D eigenvalue weighted by Gasteiger charge is 2.55. The number of unbranched alkanes of at least 4 members (excludes halogenated alkanes) is 1. The number of carbonyl (C=O) groups excluding carboxylic acids is 2. The van der Waals surface area contributed by atoms with Crippen molar-refractivity contribution in [3.63, 3.8) is 0 Å². The number of benzene rings is 1. The van der Waals surface area contributed by atoms with Crippen LogP contribution in [0.5, 0.6) is 0 Å². The van der Waals surface area contributed by atoms with E-state index in [1.807, 2.05) is 19.9 Å². The van der Waals surface area contributed by atoms with Crippen LogP contribution in [0.25, 0.3) is 0 Å². The summed E-state index contributed by atoms with van der Waals surface area (Å²) in [5.41, 5.74) is -0.482. The second-order valence-corrected chi connectivity index (χ2v) is 14.9. The molecule has 1 aliphatic rings. The van der Waals surface area contributed by atoms with Gasteiger partial charge in [-0.15, -0.1) is 0 Å². The predicted octanol–water partition coefficient (Wildman–Crippen LogP) is 8.10. The number of esters is 1. The van der Waals surface area contributed by atoms with Crippen molar-refractivity contribution < 1.29 is 29.0 Å². The second kappa shape index (κ2) is 16.2. The molecule has 1 aromatic carbocycles. The number of piperidine rings is 1. The van der Waals surface area contributed by atoms with E-state index >= 15 is 0 Å². The van der Waals surface area contributed by atoms with Crippen molar-refractivity contribution in [3.8, 4) is 0 Å². The van der Waals surface area contributed by atoms with E-state index in [2.05, 4.69) is 91.6 Å². The van der Waals surface area contributed by atoms with Gasteiger partial charge in [0.25, 0.3) is 0 Å². The first-order valence-electron chi connectivity index (χ1n) is 17.0. The minimum Gasteiger partial charge on any atom is -0.466 e. The number of ketones is 1. The molecule has 2 rings (SSSR count). The number of hydrogen-bond donors (Lipinski definition) is 1. The Balaban J connectivity index is 2.47. The van der Waals surface area contributed by atoms with Crippen molar-refractivity contribution >= 4 is 11.8 Å². The van der Waals surface area contributed by atoms with Crippen LogP contribution in [0.1, 0.15) is 133 Å². The van der Waals surface area contributed by atoms with Crippen LogP contribution in [0.2, 0.25) is 0 Å². The molecule has 252 valence electrons. The number of rotatable bonds is 18.